The van der Waals surface area contributed by atoms with Crippen LogP contribution in [0.15, 0.2) is 36.4 Å². The fourth-order valence-electron chi connectivity index (χ4n) is 1.86. The van der Waals surface area contributed by atoms with E-state index in [0.29, 0.717) is 23.7 Å². The van der Waals surface area contributed by atoms with Gasteiger partial charge in [0.25, 0.3) is 5.91 Å². The van der Waals surface area contributed by atoms with Crippen LogP contribution < -0.4 is 10.1 Å². The maximum absolute atomic E-state index is 12.3. The zero-order chi connectivity index (χ0) is 15.9. The monoisotopic (exact) mass is 410 g/mol. The largest absolute Gasteiger partial charge is 0.494 e. The minimum absolute atomic E-state index is 0.186. The summed E-state index contributed by atoms with van der Waals surface area (Å²) in [4.78, 5) is 16.6. The van der Waals surface area contributed by atoms with Gasteiger partial charge in [0.2, 0.25) is 0 Å². The molecule has 1 N–H and O–H groups in total. The molecule has 0 spiro atoms. The third-order valence-corrected chi connectivity index (χ3v) is 4.27. The molecule has 0 saturated carbocycles. The highest BCUT2D eigenvalue weighted by molar-refractivity contribution is 14.1. The first-order valence-electron chi connectivity index (χ1n) is 7.27. The molecule has 0 bridgehead atoms. The Morgan fingerprint density at radius 2 is 2.14 bits per heavy atom. The minimum atomic E-state index is -0.186. The number of anilines is 1. The molecule has 1 aromatic carbocycles. The molecule has 4 nitrogen and oxygen atoms in total. The van der Waals surface area contributed by atoms with Crippen molar-refractivity contribution >= 4 is 34.3 Å². The smallest absolute Gasteiger partial charge is 0.256 e. The summed E-state index contributed by atoms with van der Waals surface area (Å²) in [6.07, 6.45) is 2.08. The van der Waals surface area contributed by atoms with E-state index in [1.165, 1.54) is 0 Å². The average Bonchev–Trinajstić information content (AvgIpc) is 2.51. The van der Waals surface area contributed by atoms with Crippen molar-refractivity contribution in [2.75, 3.05) is 11.9 Å². The first-order valence-corrected chi connectivity index (χ1v) is 8.35. The average molecular weight is 410 g/mol. The quantitative estimate of drug-likeness (QED) is 0.567. The van der Waals surface area contributed by atoms with Crippen LogP contribution in [-0.4, -0.2) is 17.5 Å². The molecule has 0 aliphatic heterocycles. The van der Waals surface area contributed by atoms with Gasteiger partial charge in [-0.3, -0.25) is 4.79 Å². The Kier molecular flexibility index (Phi) is 6.18. The van der Waals surface area contributed by atoms with E-state index in [1.54, 1.807) is 18.2 Å². The molecule has 0 unspecified atom stereocenters. The number of halogens is 1. The van der Waals surface area contributed by atoms with Crippen LogP contribution >= 0.6 is 22.6 Å². The maximum atomic E-state index is 12.3. The van der Waals surface area contributed by atoms with Gasteiger partial charge >= 0.3 is 0 Å². The Morgan fingerprint density at radius 3 is 2.86 bits per heavy atom. The SMILES string of the molecule is CCCCOc1cccc(C(=O)Nc2ccc(I)c(C)n2)c1. The van der Waals surface area contributed by atoms with E-state index in [-0.39, 0.29) is 5.91 Å². The molecule has 1 aromatic heterocycles. The van der Waals surface area contributed by atoms with Gasteiger partial charge in [-0.2, -0.15) is 0 Å². The zero-order valence-electron chi connectivity index (χ0n) is 12.7. The molecule has 1 heterocycles. The number of hydrogen-bond acceptors (Lipinski definition) is 3. The lowest BCUT2D eigenvalue weighted by Crippen LogP contribution is -2.13. The van der Waals surface area contributed by atoms with E-state index in [2.05, 4.69) is 39.8 Å². The van der Waals surface area contributed by atoms with Crippen LogP contribution in [-0.2, 0) is 0 Å². The summed E-state index contributed by atoms with van der Waals surface area (Å²) in [6, 6.07) is 10.9. The first kappa shape index (κ1) is 16.7. The number of pyridine rings is 1. The van der Waals surface area contributed by atoms with Crippen LogP contribution in [0.25, 0.3) is 0 Å². The number of aromatic nitrogens is 1. The van der Waals surface area contributed by atoms with Crippen LogP contribution in [0.5, 0.6) is 5.75 Å². The van der Waals surface area contributed by atoms with E-state index in [1.807, 2.05) is 25.1 Å². The van der Waals surface area contributed by atoms with Crippen molar-refractivity contribution < 1.29 is 9.53 Å². The first-order chi connectivity index (χ1) is 10.6. The van der Waals surface area contributed by atoms with Crippen molar-refractivity contribution in [3.63, 3.8) is 0 Å². The third-order valence-electron chi connectivity index (χ3n) is 3.13. The van der Waals surface area contributed by atoms with E-state index in [4.69, 9.17) is 4.74 Å². The Morgan fingerprint density at radius 1 is 1.32 bits per heavy atom. The van der Waals surface area contributed by atoms with Gasteiger partial charge in [0.05, 0.1) is 12.3 Å². The van der Waals surface area contributed by atoms with E-state index in [0.717, 1.165) is 22.1 Å². The lowest BCUT2D eigenvalue weighted by molar-refractivity contribution is 0.102. The summed E-state index contributed by atoms with van der Waals surface area (Å²) in [5, 5.41) is 2.81. The fraction of sp³-hybridized carbons (Fsp3) is 0.294. The van der Waals surface area contributed by atoms with E-state index in [9.17, 15) is 4.79 Å². The van der Waals surface area contributed by atoms with Gasteiger partial charge < -0.3 is 10.1 Å². The molecular formula is C17H19IN2O2. The molecule has 5 heteroatoms. The van der Waals surface area contributed by atoms with Crippen molar-refractivity contribution in [2.24, 2.45) is 0 Å². The van der Waals surface area contributed by atoms with Gasteiger partial charge in [-0.05, 0) is 66.3 Å². The number of nitrogens with one attached hydrogen (secondary N) is 1. The van der Waals surface area contributed by atoms with Gasteiger partial charge in [-0.25, -0.2) is 4.98 Å². The molecule has 116 valence electrons. The number of unbranched alkanes of at least 4 members (excludes halogenated alkanes) is 1. The van der Waals surface area contributed by atoms with Crippen LogP contribution in [0.1, 0.15) is 35.8 Å². The molecule has 0 saturated heterocycles. The molecule has 0 atom stereocenters. The molecule has 0 aliphatic carbocycles. The second-order valence-electron chi connectivity index (χ2n) is 4.95. The Bertz CT molecular complexity index is 659. The van der Waals surface area contributed by atoms with E-state index < -0.39 is 0 Å². The summed E-state index contributed by atoms with van der Waals surface area (Å²) in [7, 11) is 0. The number of hydrogen-bond donors (Lipinski definition) is 1. The second kappa shape index (κ2) is 8.12. The van der Waals surface area contributed by atoms with Crippen LogP contribution in [0.3, 0.4) is 0 Å². The number of amides is 1. The fourth-order valence-corrected chi connectivity index (χ4v) is 2.16. The summed E-state index contributed by atoms with van der Waals surface area (Å²) >= 11 is 2.21. The van der Waals surface area contributed by atoms with Crippen molar-refractivity contribution in [1.29, 1.82) is 0 Å². The Balaban J connectivity index is 2.05. The number of rotatable bonds is 6. The predicted octanol–water partition coefficient (Wildman–Crippen LogP) is 4.43. The van der Waals surface area contributed by atoms with Gasteiger partial charge in [-0.15, -0.1) is 0 Å². The lowest BCUT2D eigenvalue weighted by Gasteiger charge is -2.09. The Hall–Kier alpha value is -1.63. The van der Waals surface area contributed by atoms with E-state index >= 15 is 0 Å². The lowest BCUT2D eigenvalue weighted by atomic mass is 10.2. The highest BCUT2D eigenvalue weighted by Gasteiger charge is 2.09. The number of ether oxygens (including phenoxy) is 1. The summed E-state index contributed by atoms with van der Waals surface area (Å²) in [5.74, 6) is 1.09. The highest BCUT2D eigenvalue weighted by Crippen LogP contribution is 2.16. The maximum Gasteiger partial charge on any atom is 0.256 e. The van der Waals surface area contributed by atoms with Crippen molar-refractivity contribution in [3.8, 4) is 5.75 Å². The highest BCUT2D eigenvalue weighted by atomic mass is 127. The number of benzene rings is 1. The molecule has 2 aromatic rings. The van der Waals surface area contributed by atoms with Crippen molar-refractivity contribution in [2.45, 2.75) is 26.7 Å². The number of aryl methyl sites for hydroxylation is 1. The summed E-state index contributed by atoms with van der Waals surface area (Å²) < 4.78 is 6.70. The van der Waals surface area contributed by atoms with Gasteiger partial charge in [0.1, 0.15) is 11.6 Å². The van der Waals surface area contributed by atoms with Crippen LogP contribution in [0, 0.1) is 10.5 Å². The van der Waals surface area contributed by atoms with Gasteiger partial charge in [0, 0.05) is 9.13 Å². The minimum Gasteiger partial charge on any atom is -0.494 e. The zero-order valence-corrected chi connectivity index (χ0v) is 14.9. The Labute approximate surface area is 144 Å². The molecular weight excluding hydrogens is 391 g/mol. The second-order valence-corrected chi connectivity index (χ2v) is 6.11. The molecule has 2 rings (SSSR count). The van der Waals surface area contributed by atoms with Gasteiger partial charge in [0.15, 0.2) is 0 Å². The molecule has 22 heavy (non-hydrogen) atoms. The van der Waals surface area contributed by atoms with Crippen molar-refractivity contribution in [3.05, 3.63) is 51.2 Å². The topological polar surface area (TPSA) is 51.2 Å². The molecule has 0 radical (unpaired) electrons. The molecule has 0 aliphatic rings. The third kappa shape index (κ3) is 4.69. The molecule has 0 fully saturated rings. The number of nitrogens with zero attached hydrogens (tertiary/aromatic N) is 1. The summed E-state index contributed by atoms with van der Waals surface area (Å²) in [5.41, 5.74) is 1.46. The van der Waals surface area contributed by atoms with Crippen molar-refractivity contribution in [1.82, 2.24) is 4.98 Å². The van der Waals surface area contributed by atoms with Gasteiger partial charge in [-0.1, -0.05) is 19.4 Å². The molecule has 1 amide bonds. The summed E-state index contributed by atoms with van der Waals surface area (Å²) in [6.45, 7) is 4.70. The number of carbonyl (C=O) groups is 1. The predicted molar refractivity (Wildman–Crippen MR) is 96.5 cm³/mol. The van der Waals surface area contributed by atoms with Crippen LogP contribution in [0.2, 0.25) is 0 Å². The number of carbonyl (C=O) groups excluding carboxylic acids is 1. The normalized spacial score (nSPS) is 10.3. The van der Waals surface area contributed by atoms with Crippen LogP contribution in [0.4, 0.5) is 5.82 Å². The standard InChI is InChI=1S/C17H19IN2O2/c1-3-4-10-22-14-7-5-6-13(11-14)17(21)20-16-9-8-15(18)12(2)19-16/h5-9,11H,3-4,10H2,1-2H3,(H,19,20,21).